The van der Waals surface area contributed by atoms with E-state index in [1.165, 1.54) is 6.07 Å². The van der Waals surface area contributed by atoms with E-state index in [-0.39, 0.29) is 64.6 Å². The highest BCUT2D eigenvalue weighted by atomic mass is 79.9. The van der Waals surface area contributed by atoms with Crippen LogP contribution in [0.25, 0.3) is 28.5 Å². The van der Waals surface area contributed by atoms with Gasteiger partial charge in [-0.05, 0) is 168 Å². The molecule has 20 rings (SSSR count). The van der Waals surface area contributed by atoms with E-state index in [2.05, 4.69) is 110 Å². The highest BCUT2D eigenvalue weighted by Crippen LogP contribution is 2.48. The SMILES string of the molecule is C=CCOc1cccc(C2NC(=S)NC3=C2C(=O)c2ccccc23)c1.C=CCOc1ccccc1C1NC(=S)NC2=C1C(=O)c1ccccc12.CN(C)c1ccc(C2NC(=S)NC3=C2C(=O)c2ccccc23)cc1.COc1ccc(Br)c(C2NC(=S)NC3=C2C(=O)c2ccccc23)c1.O=C1C2=C(NC(=S)NC2c2cc(O)ccc2Br)c2cc(O)ccc21. The molecule has 0 aromatic heterocycles. The number of ketones is 5. The minimum atomic E-state index is -0.503. The number of fused-ring (bicyclic) bond motifs is 10. The molecule has 5 aliphatic carbocycles. The second kappa shape index (κ2) is 34.9. The third kappa shape index (κ3) is 15.9. The van der Waals surface area contributed by atoms with Crippen molar-refractivity contribution in [3.63, 3.8) is 0 Å². The Morgan fingerprint density at radius 1 is 0.361 bits per heavy atom. The van der Waals surface area contributed by atoms with Gasteiger partial charge in [-0.15, -0.1) is 0 Å². The molecule has 10 aromatic carbocycles. The molecule has 10 aliphatic rings. The Hall–Kier alpha value is -13.1. The smallest absolute Gasteiger partial charge is 0.194 e. The lowest BCUT2D eigenvalue weighted by atomic mass is 9.94. The number of methoxy groups -OCH3 is 1. The molecule has 5 unspecified atom stereocenters. The zero-order chi connectivity index (χ0) is 85.5. The number of thiocarbonyl (C=S) groups is 5. The first kappa shape index (κ1) is 82.6. The Balaban J connectivity index is 0.000000113. The summed E-state index contributed by atoms with van der Waals surface area (Å²) in [5, 5.41) is 53.6. The van der Waals surface area contributed by atoms with Crippen LogP contribution in [-0.2, 0) is 0 Å². The van der Waals surface area contributed by atoms with Gasteiger partial charge in [0, 0.05) is 89.9 Å². The summed E-state index contributed by atoms with van der Waals surface area (Å²) >= 11 is 33.8. The van der Waals surface area contributed by atoms with Gasteiger partial charge in [0.15, 0.2) is 54.5 Å². The van der Waals surface area contributed by atoms with E-state index in [1.807, 2.05) is 195 Å². The number of anilines is 1. The normalized spacial score (nSPS) is 18.5. The summed E-state index contributed by atoms with van der Waals surface area (Å²) in [4.78, 5) is 66.8. The standard InChI is InChI=1S/2C20H16N2O2S.C19H17N3OS.C18H13BrN2O2S.C17H11BrN2O3S/c1-2-10-24-13-7-5-6-12(11-13)17-16-18(22-20(25)21-17)14-8-3-4-9-15(14)19(16)23;1-2-11-24-15-10-6-5-9-14(15)18-16-17(21-20(25)22-18)12-7-3-4-8-13(12)19(16)23;1-22(2)12-9-7-11(8-10-12)16-15-17(21-19(24)20-16)13-5-3-4-6-14(13)18(15)23;1-23-9-6-7-13(19)12(8-9)16-14-15(20-18(24)21-16)10-4-2-3-5-11(10)17(14)22;18-12-4-2-8(22)6-11(12)15-13-14(19-17(24)20-15)10-5-7(21)1-3-9(10)16(13)23/h2-9,11,17H,1,10H2,(H2,21,22,25);2-10,18H,1,11H2,(H2,21,22,25);3-10,16H,1-2H3,(H2,20,21,24);2-8,16H,1H3,(H2,20,21,24);1-6,15,21-22H,(H2,19,20,24). The molecule has 0 fully saturated rings. The quantitative estimate of drug-likeness (QED) is 0.0378. The number of nitrogens with one attached hydrogen (secondary N) is 10. The van der Waals surface area contributed by atoms with Gasteiger partial charge < -0.3 is 82.5 Å². The molecular weight excluding hydrogens is 1760 g/mol. The van der Waals surface area contributed by atoms with Gasteiger partial charge >= 0.3 is 0 Å². The molecular formula is C94H73Br2N11O10S5. The summed E-state index contributed by atoms with van der Waals surface area (Å²) in [6, 6.07) is 67.4. The highest BCUT2D eigenvalue weighted by Gasteiger charge is 2.45. The van der Waals surface area contributed by atoms with Crippen LogP contribution in [0.4, 0.5) is 5.69 Å². The van der Waals surface area contributed by atoms with Crippen LogP contribution < -0.4 is 72.3 Å². The third-order valence-corrected chi connectivity index (χ3v) is 24.1. The second-order valence-electron chi connectivity index (χ2n) is 29.0. The fourth-order valence-electron chi connectivity index (χ4n) is 16.1. The van der Waals surface area contributed by atoms with Crippen molar-refractivity contribution in [1.29, 1.82) is 0 Å². The Kier molecular flexibility index (Phi) is 23.7. The van der Waals surface area contributed by atoms with Gasteiger partial charge in [-0.1, -0.05) is 197 Å². The molecule has 0 amide bonds. The van der Waals surface area contributed by atoms with Crippen LogP contribution in [0.1, 0.15) is 138 Å². The average molecular weight is 1840 g/mol. The molecule has 122 heavy (non-hydrogen) atoms. The maximum Gasteiger partial charge on any atom is 0.194 e. The van der Waals surface area contributed by atoms with E-state index < -0.39 is 6.04 Å². The van der Waals surface area contributed by atoms with Crippen molar-refractivity contribution >= 4 is 182 Å². The van der Waals surface area contributed by atoms with Gasteiger partial charge in [-0.2, -0.15) is 0 Å². The van der Waals surface area contributed by atoms with E-state index in [0.29, 0.717) is 106 Å². The maximum absolute atomic E-state index is 13.0. The Morgan fingerprint density at radius 3 is 1.17 bits per heavy atom. The Bertz CT molecular complexity index is 6400. The van der Waals surface area contributed by atoms with Gasteiger partial charge in [0.25, 0.3) is 0 Å². The molecule has 0 radical (unpaired) electrons. The molecule has 12 N–H and O–H groups in total. The lowest BCUT2D eigenvalue weighted by Gasteiger charge is -2.29. The van der Waals surface area contributed by atoms with E-state index in [1.54, 1.807) is 49.6 Å². The number of hydrogen-bond acceptors (Lipinski definition) is 16. The van der Waals surface area contributed by atoms with Gasteiger partial charge in [-0.25, -0.2) is 0 Å². The zero-order valence-corrected chi connectivity index (χ0v) is 72.4. The number of carbonyl (C=O) groups is 5. The molecule has 28 heteroatoms. The van der Waals surface area contributed by atoms with Crippen LogP contribution in [0.3, 0.4) is 0 Å². The number of para-hydroxylation sites is 1. The predicted octanol–water partition coefficient (Wildman–Crippen LogP) is 16.2. The number of phenols is 2. The lowest BCUT2D eigenvalue weighted by molar-refractivity contribution is 0.102. The molecule has 0 saturated heterocycles. The number of carbonyl (C=O) groups excluding carboxylic acids is 5. The lowest BCUT2D eigenvalue weighted by Crippen LogP contribution is -2.43. The minimum absolute atomic E-state index is 0.0108. The van der Waals surface area contributed by atoms with Gasteiger partial charge in [0.05, 0.1) is 93.7 Å². The Morgan fingerprint density at radius 2 is 0.721 bits per heavy atom. The summed E-state index contributed by atoms with van der Waals surface area (Å²) in [5.41, 5.74) is 20.2. The third-order valence-electron chi connectivity index (χ3n) is 21.6. The van der Waals surface area contributed by atoms with Gasteiger partial charge in [-0.3, -0.25) is 24.0 Å². The number of aromatic hydroxyl groups is 2. The summed E-state index contributed by atoms with van der Waals surface area (Å²) in [7, 11) is 5.63. The molecule has 10 aromatic rings. The minimum Gasteiger partial charge on any atom is -0.508 e. The van der Waals surface area contributed by atoms with Gasteiger partial charge in [0.2, 0.25) is 0 Å². The molecule has 21 nitrogen and oxygen atoms in total. The van der Waals surface area contributed by atoms with E-state index in [0.717, 1.165) is 105 Å². The summed E-state index contributed by atoms with van der Waals surface area (Å²) in [5.74, 6) is 2.32. The van der Waals surface area contributed by atoms with Crippen molar-refractivity contribution < 1.29 is 48.4 Å². The summed E-state index contributed by atoms with van der Waals surface area (Å²) < 4.78 is 18.4. The van der Waals surface area contributed by atoms with Crippen molar-refractivity contribution in [3.05, 3.63) is 370 Å². The predicted molar refractivity (Wildman–Crippen MR) is 500 cm³/mol. The number of ether oxygens (including phenoxy) is 3. The van der Waals surface area contributed by atoms with Crippen LogP contribution in [-0.4, -0.2) is 99.1 Å². The van der Waals surface area contributed by atoms with E-state index in [9.17, 15) is 34.2 Å². The van der Waals surface area contributed by atoms with Crippen LogP contribution >= 0.6 is 92.9 Å². The number of benzene rings is 10. The molecule has 5 atom stereocenters. The van der Waals surface area contributed by atoms with Crippen molar-refractivity contribution in [2.75, 3.05) is 39.3 Å². The maximum atomic E-state index is 13.0. The molecule has 5 aliphatic heterocycles. The fraction of sp³-hybridized carbons (Fsp3) is 0.106. The number of Topliss-reactive ketones (excluding diaryl/α,β-unsaturated/α-hetero) is 5. The largest absolute Gasteiger partial charge is 0.508 e. The first-order chi connectivity index (χ1) is 59.0. The van der Waals surface area contributed by atoms with Gasteiger partial charge in [0.1, 0.15) is 42.0 Å². The molecule has 0 bridgehead atoms. The second-order valence-corrected chi connectivity index (χ2v) is 32.8. The van der Waals surface area contributed by atoms with E-state index in [4.69, 9.17) is 75.3 Å². The molecule has 0 spiro atoms. The number of phenolic OH excluding ortho intramolecular Hbond substituents is 2. The van der Waals surface area contributed by atoms with Crippen molar-refractivity contribution in [2.45, 2.75) is 30.2 Å². The number of rotatable bonds is 13. The van der Waals surface area contributed by atoms with Crippen LogP contribution in [0.5, 0.6) is 28.7 Å². The first-order valence-electron chi connectivity index (χ1n) is 38.3. The molecule has 608 valence electrons. The number of hydrogen-bond donors (Lipinski definition) is 12. The zero-order valence-electron chi connectivity index (χ0n) is 65.1. The van der Waals surface area contributed by atoms with E-state index >= 15 is 0 Å². The van der Waals surface area contributed by atoms with Crippen molar-refractivity contribution in [2.24, 2.45) is 0 Å². The topological polar surface area (TPSA) is 277 Å². The Labute approximate surface area is 745 Å². The summed E-state index contributed by atoms with van der Waals surface area (Å²) in [6.45, 7) is 8.17. The molecule has 0 saturated carbocycles. The fourth-order valence-corrected chi connectivity index (χ4v) is 18.1. The average Bonchev–Trinajstić information content (AvgIpc) is 1.69. The monoisotopic (exact) mass is 1830 g/mol. The molecule has 5 heterocycles. The van der Waals surface area contributed by atoms with Crippen molar-refractivity contribution in [1.82, 2.24) is 53.2 Å². The van der Waals surface area contributed by atoms with Crippen LogP contribution in [0.15, 0.2) is 287 Å². The van der Waals surface area contributed by atoms with Crippen molar-refractivity contribution in [3.8, 4) is 28.7 Å². The number of halogens is 2. The van der Waals surface area contributed by atoms with Crippen LogP contribution in [0, 0.1) is 0 Å². The summed E-state index contributed by atoms with van der Waals surface area (Å²) in [6.07, 6.45) is 3.39. The highest BCUT2D eigenvalue weighted by molar-refractivity contribution is 9.10. The first-order valence-corrected chi connectivity index (χ1v) is 41.9. The van der Waals surface area contributed by atoms with Crippen LogP contribution in [0.2, 0.25) is 0 Å². The number of nitrogens with zero attached hydrogens (tertiary/aromatic N) is 1.